The minimum atomic E-state index is -0.760. The fraction of sp³-hybridized carbons (Fsp3) is 0.500. The molecule has 0 bridgehead atoms. The zero-order valence-electron chi connectivity index (χ0n) is 13.7. The predicted octanol–water partition coefficient (Wildman–Crippen LogP) is 3.12. The second kappa shape index (κ2) is 8.28. The molecule has 0 spiro atoms. The number of likely N-dealkylation sites (tertiary alicyclic amines) is 1. The Morgan fingerprint density at radius 3 is 2.78 bits per heavy atom. The van der Waals surface area contributed by atoms with Crippen LogP contribution in [0.3, 0.4) is 0 Å². The Labute approximate surface area is 142 Å². The number of hydrogen-bond acceptors (Lipinski definition) is 4. The highest BCUT2D eigenvalue weighted by Gasteiger charge is 2.43. The minimum Gasteiger partial charge on any atom is -0.481 e. The Morgan fingerprint density at radius 2 is 2.17 bits per heavy atom. The van der Waals surface area contributed by atoms with E-state index in [1.165, 1.54) is 11.8 Å². The summed E-state index contributed by atoms with van der Waals surface area (Å²) in [6.45, 7) is 6.69. The first-order valence-electron chi connectivity index (χ1n) is 7.87. The monoisotopic (exact) mass is 333 g/mol. The van der Waals surface area contributed by atoms with E-state index in [0.29, 0.717) is 19.6 Å². The van der Waals surface area contributed by atoms with Crippen LogP contribution in [0.2, 0.25) is 0 Å². The maximum atomic E-state index is 11.9. The van der Waals surface area contributed by atoms with Gasteiger partial charge < -0.3 is 14.7 Å². The van der Waals surface area contributed by atoms with Crippen LogP contribution in [0, 0.1) is 11.8 Å². The third-order valence-corrected chi connectivity index (χ3v) is 5.40. The summed E-state index contributed by atoms with van der Waals surface area (Å²) < 4.78 is 4.73. The molecule has 1 saturated heterocycles. The van der Waals surface area contributed by atoms with Gasteiger partial charge in [0.05, 0.1) is 0 Å². The highest BCUT2D eigenvalue weighted by Crippen LogP contribution is 2.40. The highest BCUT2D eigenvalue weighted by atomic mass is 32.2. The zero-order valence-corrected chi connectivity index (χ0v) is 14.5. The van der Waals surface area contributed by atoms with Crippen molar-refractivity contribution in [2.24, 2.45) is 0 Å². The molecule has 2 rings (SSSR count). The van der Waals surface area contributed by atoms with Crippen LogP contribution in [-0.2, 0) is 4.79 Å². The first kappa shape index (κ1) is 17.7. The molecule has 0 radical (unpaired) electrons. The van der Waals surface area contributed by atoms with Gasteiger partial charge in [0.1, 0.15) is 17.1 Å². The van der Waals surface area contributed by atoms with E-state index < -0.39 is 10.7 Å². The van der Waals surface area contributed by atoms with E-state index in [4.69, 9.17) is 4.74 Å². The Hall–Kier alpha value is -1.64. The average molecular weight is 333 g/mol. The minimum absolute atomic E-state index is 0.369. The number of thioether (sulfide) groups is 1. The molecule has 124 valence electrons. The summed E-state index contributed by atoms with van der Waals surface area (Å²) in [5, 5.41) is 9.77. The number of ether oxygens (including phenoxy) is 1. The molecule has 23 heavy (non-hydrogen) atoms. The van der Waals surface area contributed by atoms with Crippen molar-refractivity contribution in [1.82, 2.24) is 4.90 Å². The number of rotatable bonds is 6. The maximum absolute atomic E-state index is 11.9. The van der Waals surface area contributed by atoms with Gasteiger partial charge in [0.15, 0.2) is 0 Å². The number of nitrogens with zero attached hydrogens (tertiary/aromatic N) is 1. The van der Waals surface area contributed by atoms with E-state index >= 15 is 0 Å². The van der Waals surface area contributed by atoms with E-state index in [-0.39, 0.29) is 0 Å². The number of carbonyl (C=O) groups is 1. The number of aliphatic carboxylic acids is 1. The first-order valence-corrected chi connectivity index (χ1v) is 8.68. The van der Waals surface area contributed by atoms with Crippen LogP contribution in [0.1, 0.15) is 26.7 Å². The Kier molecular flexibility index (Phi) is 6.37. The lowest BCUT2D eigenvalue weighted by atomic mass is 9.97. The van der Waals surface area contributed by atoms with Crippen molar-refractivity contribution in [2.45, 2.75) is 36.3 Å². The number of piperidine rings is 1. The van der Waals surface area contributed by atoms with Crippen molar-refractivity contribution in [3.63, 3.8) is 0 Å². The summed E-state index contributed by atoms with van der Waals surface area (Å²) in [6, 6.07) is 7.59. The second-order valence-corrected chi connectivity index (χ2v) is 7.02. The van der Waals surface area contributed by atoms with Gasteiger partial charge in [-0.05, 0) is 57.1 Å². The van der Waals surface area contributed by atoms with Crippen molar-refractivity contribution in [2.75, 3.05) is 26.2 Å². The Balaban J connectivity index is 2.07. The molecule has 1 fully saturated rings. The lowest BCUT2D eigenvalue weighted by Gasteiger charge is -2.39. The number of carboxylic acid groups (broad SMARTS) is 1. The molecule has 1 heterocycles. The van der Waals surface area contributed by atoms with Gasteiger partial charge in [-0.2, -0.15) is 0 Å². The van der Waals surface area contributed by atoms with E-state index in [0.717, 1.165) is 30.2 Å². The molecule has 1 aromatic rings. The second-order valence-electron chi connectivity index (χ2n) is 5.56. The fourth-order valence-electron chi connectivity index (χ4n) is 2.70. The molecule has 4 nitrogen and oxygen atoms in total. The molecule has 0 aliphatic carbocycles. The summed E-state index contributed by atoms with van der Waals surface area (Å²) in [5.74, 6) is 5.66. The van der Waals surface area contributed by atoms with Gasteiger partial charge in [-0.1, -0.05) is 12.8 Å². The maximum Gasteiger partial charge on any atom is 0.321 e. The lowest BCUT2D eigenvalue weighted by Crippen LogP contribution is -2.50. The molecule has 1 atom stereocenters. The van der Waals surface area contributed by atoms with Crippen molar-refractivity contribution in [3.8, 4) is 17.6 Å². The van der Waals surface area contributed by atoms with Gasteiger partial charge in [0, 0.05) is 11.4 Å². The third-order valence-electron chi connectivity index (χ3n) is 4.00. The van der Waals surface area contributed by atoms with E-state index in [1.807, 2.05) is 24.3 Å². The van der Waals surface area contributed by atoms with Crippen molar-refractivity contribution in [3.05, 3.63) is 24.3 Å². The quantitative estimate of drug-likeness (QED) is 0.811. The Morgan fingerprint density at radius 1 is 1.43 bits per heavy atom. The normalized spacial score (nSPS) is 21.3. The molecule has 1 N–H and O–H groups in total. The molecule has 5 heteroatoms. The number of benzene rings is 1. The fourth-order valence-corrected chi connectivity index (χ4v) is 4.00. The van der Waals surface area contributed by atoms with E-state index in [9.17, 15) is 9.90 Å². The van der Waals surface area contributed by atoms with Crippen LogP contribution in [-0.4, -0.2) is 47.0 Å². The average Bonchev–Trinajstić information content (AvgIpc) is 2.57. The molecule has 0 aromatic heterocycles. The Bertz CT molecular complexity index is 591. The van der Waals surface area contributed by atoms with Gasteiger partial charge in [-0.3, -0.25) is 4.79 Å². The van der Waals surface area contributed by atoms with Gasteiger partial charge in [-0.25, -0.2) is 0 Å². The molecule has 1 unspecified atom stereocenters. The van der Waals surface area contributed by atoms with Gasteiger partial charge in [-0.15, -0.1) is 17.7 Å². The van der Waals surface area contributed by atoms with Crippen LogP contribution in [0.5, 0.6) is 5.75 Å². The molecule has 1 aliphatic heterocycles. The summed E-state index contributed by atoms with van der Waals surface area (Å²) in [7, 11) is 0. The van der Waals surface area contributed by atoms with E-state index in [2.05, 4.69) is 23.7 Å². The van der Waals surface area contributed by atoms with E-state index in [1.54, 1.807) is 6.92 Å². The largest absolute Gasteiger partial charge is 0.481 e. The SMILES string of the molecule is CC#CCOc1ccc(SC2(C(=O)O)CCCN(CC)C2)cc1. The number of hydrogen-bond donors (Lipinski definition) is 1. The van der Waals surface area contributed by atoms with Crippen LogP contribution < -0.4 is 4.74 Å². The first-order chi connectivity index (χ1) is 11.1. The molecular formula is C18H23NO3S. The summed E-state index contributed by atoms with van der Waals surface area (Å²) in [6.07, 6.45) is 1.62. The van der Waals surface area contributed by atoms with Gasteiger partial charge in [0.25, 0.3) is 0 Å². The standard InChI is InChI=1S/C18H23NO3S/c1-3-5-13-22-15-7-9-16(10-8-15)23-18(17(20)21)11-6-12-19(4-2)14-18/h7-10H,4,6,11-14H2,1-2H3,(H,20,21). The summed E-state index contributed by atoms with van der Waals surface area (Å²) in [4.78, 5) is 15.1. The lowest BCUT2D eigenvalue weighted by molar-refractivity contribution is -0.141. The van der Waals surface area contributed by atoms with Crippen LogP contribution in [0.25, 0.3) is 0 Å². The van der Waals surface area contributed by atoms with Crippen LogP contribution >= 0.6 is 11.8 Å². The van der Waals surface area contributed by atoms with Crippen LogP contribution in [0.15, 0.2) is 29.2 Å². The predicted molar refractivity (Wildman–Crippen MR) is 93.0 cm³/mol. The van der Waals surface area contributed by atoms with Gasteiger partial charge >= 0.3 is 5.97 Å². The summed E-state index contributed by atoms with van der Waals surface area (Å²) >= 11 is 1.45. The molecular weight excluding hydrogens is 310 g/mol. The van der Waals surface area contributed by atoms with Crippen LogP contribution in [0.4, 0.5) is 0 Å². The zero-order chi connectivity index (χ0) is 16.7. The van der Waals surface area contributed by atoms with Crippen molar-refractivity contribution in [1.29, 1.82) is 0 Å². The van der Waals surface area contributed by atoms with Crippen molar-refractivity contribution < 1.29 is 14.6 Å². The topological polar surface area (TPSA) is 49.8 Å². The molecule has 1 aliphatic rings. The summed E-state index contributed by atoms with van der Waals surface area (Å²) in [5.41, 5.74) is 0. The molecule has 0 amide bonds. The smallest absolute Gasteiger partial charge is 0.321 e. The third kappa shape index (κ3) is 4.66. The molecule has 1 aromatic carbocycles. The molecule has 0 saturated carbocycles. The number of carboxylic acids is 1. The van der Waals surface area contributed by atoms with Gasteiger partial charge in [0.2, 0.25) is 0 Å². The van der Waals surface area contributed by atoms with Crippen molar-refractivity contribution >= 4 is 17.7 Å². The highest BCUT2D eigenvalue weighted by molar-refractivity contribution is 8.01.